The first-order valence-electron chi connectivity index (χ1n) is 7.69. The van der Waals surface area contributed by atoms with Crippen molar-refractivity contribution in [2.45, 2.75) is 18.9 Å². The maximum Gasteiger partial charge on any atom is 0.368 e. The van der Waals surface area contributed by atoms with Crippen LogP contribution in [0.1, 0.15) is 18.9 Å². The van der Waals surface area contributed by atoms with Crippen LogP contribution in [0.4, 0.5) is 0 Å². The molecular weight excluding hydrogens is 332 g/mol. The molecule has 1 aliphatic rings. The average Bonchev–Trinajstić information content (AvgIpc) is 2.97. The molecular formula is C14H20N6O3S. The molecule has 24 heavy (non-hydrogen) atoms. The second-order valence-corrected chi connectivity index (χ2v) is 8.04. The van der Waals surface area contributed by atoms with Crippen LogP contribution < -0.4 is 5.69 Å². The zero-order valence-electron chi connectivity index (χ0n) is 13.6. The summed E-state index contributed by atoms with van der Waals surface area (Å²) in [5, 5.41) is 7.88. The van der Waals surface area contributed by atoms with E-state index in [9.17, 15) is 13.2 Å². The van der Waals surface area contributed by atoms with Crippen molar-refractivity contribution in [2.75, 3.05) is 27.2 Å². The van der Waals surface area contributed by atoms with Crippen LogP contribution in [-0.4, -0.2) is 64.0 Å². The van der Waals surface area contributed by atoms with E-state index < -0.39 is 10.2 Å². The van der Waals surface area contributed by atoms with E-state index in [1.165, 1.54) is 32.1 Å². The molecule has 3 rings (SSSR count). The molecule has 2 heterocycles. The Balaban J connectivity index is 1.88. The predicted molar refractivity (Wildman–Crippen MR) is 88.1 cm³/mol. The first-order chi connectivity index (χ1) is 11.4. The van der Waals surface area contributed by atoms with Gasteiger partial charge in [-0.1, -0.05) is 18.2 Å². The number of benzene rings is 1. The van der Waals surface area contributed by atoms with E-state index in [0.29, 0.717) is 25.1 Å². The second-order valence-electron chi connectivity index (χ2n) is 5.90. The highest BCUT2D eigenvalue weighted by Crippen LogP contribution is 2.22. The summed E-state index contributed by atoms with van der Waals surface area (Å²) in [5.41, 5.74) is 0.262. The van der Waals surface area contributed by atoms with Crippen LogP contribution in [-0.2, 0) is 10.2 Å². The maximum absolute atomic E-state index is 12.6. The van der Waals surface area contributed by atoms with Gasteiger partial charge < -0.3 is 0 Å². The zero-order valence-corrected chi connectivity index (χ0v) is 14.4. The van der Waals surface area contributed by atoms with E-state index >= 15 is 0 Å². The van der Waals surface area contributed by atoms with Gasteiger partial charge in [0.05, 0.1) is 11.7 Å². The zero-order chi connectivity index (χ0) is 17.3. The molecule has 1 saturated heterocycles. The Kier molecular flexibility index (Phi) is 4.52. The number of para-hydroxylation sites is 1. The summed E-state index contributed by atoms with van der Waals surface area (Å²) in [6.07, 6.45) is 1.36. The fourth-order valence-electron chi connectivity index (χ4n) is 2.78. The number of hydrogen-bond acceptors (Lipinski definition) is 5. The lowest BCUT2D eigenvalue weighted by molar-refractivity contribution is 0.238. The highest BCUT2D eigenvalue weighted by atomic mass is 32.2. The summed E-state index contributed by atoms with van der Waals surface area (Å²) >= 11 is 0. The van der Waals surface area contributed by atoms with E-state index in [-0.39, 0.29) is 18.3 Å². The van der Waals surface area contributed by atoms with Crippen molar-refractivity contribution < 1.29 is 8.42 Å². The molecule has 9 nitrogen and oxygen atoms in total. The van der Waals surface area contributed by atoms with Crippen LogP contribution in [0.25, 0.3) is 5.69 Å². The lowest BCUT2D eigenvalue weighted by Gasteiger charge is -2.32. The van der Waals surface area contributed by atoms with Gasteiger partial charge in [-0.25, -0.2) is 4.79 Å². The first kappa shape index (κ1) is 16.8. The van der Waals surface area contributed by atoms with E-state index in [1.54, 1.807) is 12.1 Å². The summed E-state index contributed by atoms with van der Waals surface area (Å²) in [6.45, 7) is 0.659. The van der Waals surface area contributed by atoms with Crippen LogP contribution >= 0.6 is 0 Å². The van der Waals surface area contributed by atoms with Crippen molar-refractivity contribution >= 4 is 10.2 Å². The third-order valence-electron chi connectivity index (χ3n) is 4.10. The van der Waals surface area contributed by atoms with Crippen molar-refractivity contribution in [1.29, 1.82) is 0 Å². The Morgan fingerprint density at radius 3 is 2.54 bits per heavy atom. The minimum atomic E-state index is -3.50. The largest absolute Gasteiger partial charge is 0.368 e. The third-order valence-corrected chi connectivity index (χ3v) is 6.00. The highest BCUT2D eigenvalue weighted by molar-refractivity contribution is 7.86. The molecule has 1 aromatic carbocycles. The van der Waals surface area contributed by atoms with Gasteiger partial charge in [0.2, 0.25) is 0 Å². The van der Waals surface area contributed by atoms with Gasteiger partial charge in [-0.15, -0.1) is 0 Å². The number of nitrogens with zero attached hydrogens (tertiary/aromatic N) is 6. The third kappa shape index (κ3) is 2.99. The van der Waals surface area contributed by atoms with Crippen molar-refractivity contribution in [3.63, 3.8) is 0 Å². The summed E-state index contributed by atoms with van der Waals surface area (Å²) in [7, 11) is -0.509. The lowest BCUT2D eigenvalue weighted by Crippen LogP contribution is -2.47. The van der Waals surface area contributed by atoms with Crippen LogP contribution in [0.2, 0.25) is 0 Å². The van der Waals surface area contributed by atoms with E-state index in [1.807, 2.05) is 18.2 Å². The Bertz CT molecular complexity index is 858. The van der Waals surface area contributed by atoms with Gasteiger partial charge in [0.1, 0.15) is 0 Å². The summed E-state index contributed by atoms with van der Waals surface area (Å²) in [4.78, 5) is 12.6. The van der Waals surface area contributed by atoms with Crippen LogP contribution in [0.15, 0.2) is 35.1 Å². The predicted octanol–water partition coefficient (Wildman–Crippen LogP) is -0.128. The van der Waals surface area contributed by atoms with Gasteiger partial charge in [-0.05, 0) is 35.4 Å². The number of tetrazole rings is 1. The topological polar surface area (TPSA) is 93.3 Å². The van der Waals surface area contributed by atoms with Gasteiger partial charge in [-0.2, -0.15) is 26.4 Å². The van der Waals surface area contributed by atoms with Crippen molar-refractivity contribution in [2.24, 2.45) is 0 Å². The molecule has 0 saturated carbocycles. The maximum atomic E-state index is 12.6. The molecule has 0 N–H and O–H groups in total. The quantitative estimate of drug-likeness (QED) is 0.764. The normalized spacial score (nSPS) is 19.7. The van der Waals surface area contributed by atoms with E-state index in [4.69, 9.17) is 0 Å². The first-order valence-corrected chi connectivity index (χ1v) is 9.08. The van der Waals surface area contributed by atoms with E-state index in [2.05, 4.69) is 10.4 Å². The van der Waals surface area contributed by atoms with Gasteiger partial charge >= 0.3 is 5.69 Å². The molecule has 1 atom stereocenters. The molecule has 0 bridgehead atoms. The molecule has 0 radical (unpaired) electrons. The van der Waals surface area contributed by atoms with Crippen molar-refractivity contribution in [3.8, 4) is 5.69 Å². The molecule has 1 aromatic heterocycles. The number of aromatic nitrogens is 4. The second kappa shape index (κ2) is 6.46. The van der Waals surface area contributed by atoms with Crippen LogP contribution in [0, 0.1) is 0 Å². The number of rotatable bonds is 4. The molecule has 0 aliphatic carbocycles. The average molecular weight is 352 g/mol. The number of piperidine rings is 1. The Morgan fingerprint density at radius 2 is 1.88 bits per heavy atom. The molecule has 0 spiro atoms. The van der Waals surface area contributed by atoms with Crippen LogP contribution in [0.3, 0.4) is 0 Å². The molecule has 130 valence electrons. The van der Waals surface area contributed by atoms with Crippen molar-refractivity contribution in [3.05, 3.63) is 40.8 Å². The van der Waals surface area contributed by atoms with Gasteiger partial charge in [0, 0.05) is 27.2 Å². The van der Waals surface area contributed by atoms with Crippen LogP contribution in [0.5, 0.6) is 0 Å². The minimum absolute atomic E-state index is 0.216. The number of hydrogen-bond donors (Lipinski definition) is 0. The summed E-state index contributed by atoms with van der Waals surface area (Å²) in [5.74, 6) is 0. The summed E-state index contributed by atoms with van der Waals surface area (Å²) < 4.78 is 29.7. The van der Waals surface area contributed by atoms with Gasteiger partial charge in [-0.3, -0.25) is 0 Å². The molecule has 1 unspecified atom stereocenters. The Morgan fingerprint density at radius 1 is 1.17 bits per heavy atom. The SMILES string of the molecule is CN(C)S(=O)(=O)N1CCCC(n2nnn(-c3ccccc3)c2=O)C1. The Labute approximate surface area is 140 Å². The standard InChI is InChI=1S/C14H20N6O3S/c1-17(2)24(22,23)18-10-6-9-13(11-18)20-14(21)19(15-16-20)12-7-4-3-5-8-12/h3-5,7-8,13H,6,9-11H2,1-2H3. The monoisotopic (exact) mass is 352 g/mol. The minimum Gasteiger partial charge on any atom is -0.244 e. The molecule has 1 aliphatic heterocycles. The molecule has 1 fully saturated rings. The lowest BCUT2D eigenvalue weighted by atomic mass is 10.1. The van der Waals surface area contributed by atoms with Gasteiger partial charge in [0.25, 0.3) is 10.2 Å². The summed E-state index contributed by atoms with van der Waals surface area (Å²) in [6, 6.07) is 8.69. The Hall–Kier alpha value is -2.04. The smallest absolute Gasteiger partial charge is 0.244 e. The molecule has 0 amide bonds. The molecule has 2 aromatic rings. The van der Waals surface area contributed by atoms with Gasteiger partial charge in [0.15, 0.2) is 0 Å². The van der Waals surface area contributed by atoms with E-state index in [0.717, 1.165) is 0 Å². The van der Waals surface area contributed by atoms with Crippen molar-refractivity contribution in [1.82, 2.24) is 28.4 Å². The fourth-order valence-corrected chi connectivity index (χ4v) is 3.96. The molecule has 10 heteroatoms. The highest BCUT2D eigenvalue weighted by Gasteiger charge is 2.32. The fraction of sp³-hybridized carbons (Fsp3) is 0.500.